The van der Waals surface area contributed by atoms with E-state index in [1.807, 2.05) is 0 Å². The van der Waals surface area contributed by atoms with E-state index in [4.69, 9.17) is 0 Å². The van der Waals surface area contributed by atoms with Gasteiger partial charge in [0.2, 0.25) is 0 Å². The molecule has 0 aliphatic heterocycles. The van der Waals surface area contributed by atoms with Crippen molar-refractivity contribution in [2.75, 3.05) is 0 Å². The smallest absolute Gasteiger partial charge is 0.275 e. The standard InChI is InChI=1S/C9H5F2N3O2/c10-7-3-6(14(15)16)4-8(11)9(7)13-2-1-12-5-13/h1-5H. The third-order valence-electron chi connectivity index (χ3n) is 1.98. The van der Waals surface area contributed by atoms with Gasteiger partial charge in [0.1, 0.15) is 5.69 Å². The first-order valence-electron chi connectivity index (χ1n) is 4.21. The van der Waals surface area contributed by atoms with Gasteiger partial charge in [0, 0.05) is 12.4 Å². The lowest BCUT2D eigenvalue weighted by Crippen LogP contribution is -2.01. The number of nitro benzene ring substituents is 1. The summed E-state index contributed by atoms with van der Waals surface area (Å²) in [6.07, 6.45) is 3.89. The van der Waals surface area contributed by atoms with E-state index in [9.17, 15) is 18.9 Å². The van der Waals surface area contributed by atoms with Gasteiger partial charge in [-0.2, -0.15) is 0 Å². The second-order valence-corrected chi connectivity index (χ2v) is 2.99. The second-order valence-electron chi connectivity index (χ2n) is 2.99. The molecule has 0 amide bonds. The SMILES string of the molecule is O=[N+]([O-])c1cc(F)c(-n2ccnc2)c(F)c1. The van der Waals surface area contributed by atoms with Crippen LogP contribution in [0.4, 0.5) is 14.5 Å². The molecule has 0 saturated carbocycles. The van der Waals surface area contributed by atoms with E-state index in [1.54, 1.807) is 0 Å². The Labute approximate surface area is 88.1 Å². The first kappa shape index (κ1) is 10.2. The average molecular weight is 225 g/mol. The van der Waals surface area contributed by atoms with Crippen molar-refractivity contribution in [1.29, 1.82) is 0 Å². The Balaban J connectivity index is 2.61. The topological polar surface area (TPSA) is 61.0 Å². The Morgan fingerprint density at radius 1 is 1.31 bits per heavy atom. The highest BCUT2D eigenvalue weighted by Gasteiger charge is 2.17. The van der Waals surface area contributed by atoms with Crippen LogP contribution in [0.2, 0.25) is 0 Å². The van der Waals surface area contributed by atoms with Crippen LogP contribution in [0, 0.1) is 21.7 Å². The average Bonchev–Trinajstić information content (AvgIpc) is 2.69. The Kier molecular flexibility index (Phi) is 2.35. The molecule has 0 unspecified atom stereocenters. The molecule has 0 N–H and O–H groups in total. The molecule has 0 aliphatic rings. The Morgan fingerprint density at radius 3 is 2.38 bits per heavy atom. The van der Waals surface area contributed by atoms with Crippen molar-refractivity contribution in [1.82, 2.24) is 9.55 Å². The van der Waals surface area contributed by atoms with E-state index < -0.39 is 22.2 Å². The number of hydrogen-bond donors (Lipinski definition) is 0. The molecule has 7 heteroatoms. The fraction of sp³-hybridized carbons (Fsp3) is 0. The summed E-state index contributed by atoms with van der Waals surface area (Å²) in [5, 5.41) is 10.4. The number of halogens is 2. The Bertz CT molecular complexity index is 517. The molecule has 0 atom stereocenters. The number of hydrogen-bond acceptors (Lipinski definition) is 3. The molecular weight excluding hydrogens is 220 g/mol. The predicted molar refractivity (Wildman–Crippen MR) is 50.1 cm³/mol. The number of nitrogens with zero attached hydrogens (tertiary/aromatic N) is 3. The lowest BCUT2D eigenvalue weighted by molar-refractivity contribution is -0.385. The molecule has 1 heterocycles. The van der Waals surface area contributed by atoms with Gasteiger partial charge in [0.25, 0.3) is 5.69 Å². The highest BCUT2D eigenvalue weighted by molar-refractivity contribution is 5.43. The van der Waals surface area contributed by atoms with E-state index >= 15 is 0 Å². The minimum Gasteiger partial charge on any atom is -0.301 e. The van der Waals surface area contributed by atoms with Gasteiger partial charge in [0.15, 0.2) is 11.6 Å². The first-order valence-corrected chi connectivity index (χ1v) is 4.21. The van der Waals surface area contributed by atoms with Gasteiger partial charge in [-0.25, -0.2) is 13.8 Å². The Hall–Kier alpha value is -2.31. The maximum atomic E-state index is 13.4. The van der Waals surface area contributed by atoms with Gasteiger partial charge in [-0.1, -0.05) is 0 Å². The zero-order valence-corrected chi connectivity index (χ0v) is 7.80. The molecule has 1 aromatic carbocycles. The van der Waals surface area contributed by atoms with Crippen LogP contribution in [0.3, 0.4) is 0 Å². The summed E-state index contributed by atoms with van der Waals surface area (Å²) in [5.74, 6) is -2.02. The van der Waals surface area contributed by atoms with Gasteiger partial charge < -0.3 is 4.57 Å². The van der Waals surface area contributed by atoms with Gasteiger partial charge in [-0.3, -0.25) is 10.1 Å². The van der Waals surface area contributed by atoms with Crippen LogP contribution in [0.5, 0.6) is 0 Å². The molecular formula is C9H5F2N3O2. The van der Waals surface area contributed by atoms with Gasteiger partial charge >= 0.3 is 0 Å². The molecule has 2 rings (SSSR count). The van der Waals surface area contributed by atoms with Crippen molar-refractivity contribution in [3.8, 4) is 5.69 Å². The van der Waals surface area contributed by atoms with E-state index in [-0.39, 0.29) is 5.69 Å². The lowest BCUT2D eigenvalue weighted by atomic mass is 10.2. The van der Waals surface area contributed by atoms with Gasteiger partial charge in [-0.05, 0) is 0 Å². The zero-order chi connectivity index (χ0) is 11.7. The molecule has 16 heavy (non-hydrogen) atoms. The molecule has 0 radical (unpaired) electrons. The molecule has 0 aliphatic carbocycles. The van der Waals surface area contributed by atoms with Crippen molar-refractivity contribution < 1.29 is 13.7 Å². The minimum absolute atomic E-state index is 0.386. The van der Waals surface area contributed by atoms with E-state index in [0.29, 0.717) is 12.1 Å². The second kappa shape index (κ2) is 3.69. The summed E-state index contributed by atoms with van der Waals surface area (Å²) in [5.41, 5.74) is -1.01. The molecule has 2 aromatic rings. The largest absolute Gasteiger partial charge is 0.301 e. The summed E-state index contributed by atoms with van der Waals surface area (Å²) in [6, 6.07) is 1.33. The third-order valence-corrected chi connectivity index (χ3v) is 1.98. The molecule has 0 fully saturated rings. The van der Waals surface area contributed by atoms with Crippen molar-refractivity contribution in [3.05, 3.63) is 52.6 Å². The number of rotatable bonds is 2. The summed E-state index contributed by atoms with van der Waals surface area (Å²) >= 11 is 0. The molecule has 1 aromatic heterocycles. The summed E-state index contributed by atoms with van der Waals surface area (Å²) in [7, 11) is 0. The monoisotopic (exact) mass is 225 g/mol. The van der Waals surface area contributed by atoms with Crippen LogP contribution >= 0.6 is 0 Å². The maximum absolute atomic E-state index is 13.4. The van der Waals surface area contributed by atoms with Crippen LogP contribution in [0.15, 0.2) is 30.9 Å². The molecule has 5 nitrogen and oxygen atoms in total. The van der Waals surface area contributed by atoms with Gasteiger partial charge in [-0.15, -0.1) is 0 Å². The van der Waals surface area contributed by atoms with E-state index in [0.717, 1.165) is 4.57 Å². The number of imidazole rings is 1. The number of benzene rings is 1. The predicted octanol–water partition coefficient (Wildman–Crippen LogP) is 2.06. The van der Waals surface area contributed by atoms with Crippen LogP contribution < -0.4 is 0 Å². The lowest BCUT2D eigenvalue weighted by Gasteiger charge is -2.04. The fourth-order valence-electron chi connectivity index (χ4n) is 1.30. The first-order chi connectivity index (χ1) is 7.59. The van der Waals surface area contributed by atoms with Gasteiger partial charge in [0.05, 0.1) is 23.4 Å². The number of non-ortho nitro benzene ring substituents is 1. The zero-order valence-electron chi connectivity index (χ0n) is 7.80. The van der Waals surface area contributed by atoms with Crippen LogP contribution in [-0.4, -0.2) is 14.5 Å². The summed E-state index contributed by atoms with van der Waals surface area (Å²) in [6.45, 7) is 0. The molecule has 82 valence electrons. The number of aromatic nitrogens is 2. The summed E-state index contributed by atoms with van der Waals surface area (Å²) in [4.78, 5) is 13.1. The Morgan fingerprint density at radius 2 is 1.94 bits per heavy atom. The van der Waals surface area contributed by atoms with Crippen LogP contribution in [0.1, 0.15) is 0 Å². The van der Waals surface area contributed by atoms with Crippen molar-refractivity contribution in [2.24, 2.45) is 0 Å². The normalized spacial score (nSPS) is 10.4. The van der Waals surface area contributed by atoms with Crippen LogP contribution in [0.25, 0.3) is 5.69 Å². The highest BCUT2D eigenvalue weighted by Crippen LogP contribution is 2.23. The number of nitro groups is 1. The third kappa shape index (κ3) is 1.62. The quantitative estimate of drug-likeness (QED) is 0.580. The molecule has 0 saturated heterocycles. The van der Waals surface area contributed by atoms with E-state index in [2.05, 4.69) is 4.98 Å². The highest BCUT2D eigenvalue weighted by atomic mass is 19.1. The minimum atomic E-state index is -1.01. The van der Waals surface area contributed by atoms with Crippen molar-refractivity contribution in [3.63, 3.8) is 0 Å². The molecule has 0 bridgehead atoms. The van der Waals surface area contributed by atoms with Crippen molar-refractivity contribution in [2.45, 2.75) is 0 Å². The van der Waals surface area contributed by atoms with Crippen molar-refractivity contribution >= 4 is 5.69 Å². The van der Waals surface area contributed by atoms with E-state index in [1.165, 1.54) is 18.7 Å². The van der Waals surface area contributed by atoms with Crippen LogP contribution in [-0.2, 0) is 0 Å². The maximum Gasteiger partial charge on any atom is 0.275 e. The summed E-state index contributed by atoms with van der Waals surface area (Å²) < 4.78 is 28.0. The fourth-order valence-corrected chi connectivity index (χ4v) is 1.30. The molecule has 0 spiro atoms.